The lowest BCUT2D eigenvalue weighted by molar-refractivity contribution is -0.128. The number of nitrogens with one attached hydrogen (secondary N) is 1. The first-order valence-electron chi connectivity index (χ1n) is 10.3. The molecule has 0 radical (unpaired) electrons. The fraction of sp³-hybridized carbons (Fsp3) is 0.700. The van der Waals surface area contributed by atoms with Crippen LogP contribution in [0.4, 0.5) is 5.82 Å². The molecule has 0 aliphatic carbocycles. The summed E-state index contributed by atoms with van der Waals surface area (Å²) < 4.78 is 1.89. The van der Waals surface area contributed by atoms with Crippen LogP contribution in [0.15, 0.2) is 11.4 Å². The molecule has 1 N–H and O–H groups in total. The summed E-state index contributed by atoms with van der Waals surface area (Å²) in [6, 6.07) is 0. The molecular weight excluding hydrogens is 372 g/mol. The van der Waals surface area contributed by atoms with Gasteiger partial charge in [0.15, 0.2) is 10.8 Å². The quantitative estimate of drug-likeness (QED) is 0.562. The Labute approximate surface area is 171 Å². The van der Waals surface area contributed by atoms with Gasteiger partial charge in [-0.15, -0.1) is 0 Å². The van der Waals surface area contributed by atoms with E-state index in [-0.39, 0.29) is 11.3 Å². The van der Waals surface area contributed by atoms with Crippen molar-refractivity contribution in [3.05, 3.63) is 6.20 Å². The van der Waals surface area contributed by atoms with E-state index in [2.05, 4.69) is 22.2 Å². The Kier molecular flexibility index (Phi) is 6.80. The standard InChI is InChI=1S/C20H32N6OS/c1-5-13-28-19-23-16(25-10-7-6-8-11-25)15-14-22-26(17(15)24-19)12-9-21-18(27)20(2,3)4/h14H,5-13H2,1-4H3,(H,21,27). The average molecular weight is 405 g/mol. The minimum Gasteiger partial charge on any atom is -0.356 e. The maximum Gasteiger partial charge on any atom is 0.225 e. The van der Waals surface area contributed by atoms with Gasteiger partial charge >= 0.3 is 0 Å². The van der Waals surface area contributed by atoms with Crippen LogP contribution in [0.3, 0.4) is 0 Å². The molecule has 0 spiro atoms. The summed E-state index contributed by atoms with van der Waals surface area (Å²) in [5.74, 6) is 2.06. The van der Waals surface area contributed by atoms with Crippen LogP contribution in [0.2, 0.25) is 0 Å². The summed E-state index contributed by atoms with van der Waals surface area (Å²) in [5, 5.41) is 9.37. The molecule has 2 aromatic heterocycles. The van der Waals surface area contributed by atoms with Gasteiger partial charge in [-0.25, -0.2) is 14.6 Å². The topological polar surface area (TPSA) is 75.9 Å². The number of anilines is 1. The Morgan fingerprint density at radius 2 is 1.96 bits per heavy atom. The maximum atomic E-state index is 12.1. The molecular formula is C20H32N6OS. The van der Waals surface area contributed by atoms with E-state index in [1.165, 1.54) is 19.3 Å². The van der Waals surface area contributed by atoms with Gasteiger partial charge in [0.2, 0.25) is 5.91 Å². The normalized spacial score (nSPS) is 15.2. The zero-order valence-electron chi connectivity index (χ0n) is 17.5. The van der Waals surface area contributed by atoms with E-state index in [4.69, 9.17) is 9.97 Å². The molecule has 3 rings (SSSR count). The van der Waals surface area contributed by atoms with Crippen molar-refractivity contribution in [2.75, 3.05) is 30.3 Å². The van der Waals surface area contributed by atoms with Crippen LogP contribution in [0.5, 0.6) is 0 Å². The molecule has 0 bridgehead atoms. The van der Waals surface area contributed by atoms with Gasteiger partial charge in [-0.1, -0.05) is 39.5 Å². The Bertz CT molecular complexity index is 807. The Morgan fingerprint density at radius 3 is 2.64 bits per heavy atom. The molecule has 1 aliphatic heterocycles. The number of hydrogen-bond donors (Lipinski definition) is 1. The van der Waals surface area contributed by atoms with Gasteiger partial charge in [0.05, 0.1) is 18.1 Å². The molecule has 0 saturated carbocycles. The van der Waals surface area contributed by atoms with Crippen molar-refractivity contribution in [2.24, 2.45) is 5.41 Å². The molecule has 1 aliphatic rings. The molecule has 0 unspecified atom stereocenters. The van der Waals surface area contributed by atoms with Gasteiger partial charge in [0.25, 0.3) is 0 Å². The van der Waals surface area contributed by atoms with E-state index >= 15 is 0 Å². The summed E-state index contributed by atoms with van der Waals surface area (Å²) in [6.07, 6.45) is 6.66. The van der Waals surface area contributed by atoms with Gasteiger partial charge in [-0.3, -0.25) is 4.79 Å². The largest absolute Gasteiger partial charge is 0.356 e. The monoisotopic (exact) mass is 404 g/mol. The number of nitrogens with zero attached hydrogens (tertiary/aromatic N) is 5. The van der Waals surface area contributed by atoms with E-state index in [9.17, 15) is 4.79 Å². The number of rotatable bonds is 7. The molecule has 0 aromatic carbocycles. The second kappa shape index (κ2) is 9.11. The fourth-order valence-electron chi connectivity index (χ4n) is 3.23. The van der Waals surface area contributed by atoms with Crippen molar-refractivity contribution in [1.82, 2.24) is 25.1 Å². The molecule has 1 amide bonds. The molecule has 3 heterocycles. The zero-order chi connectivity index (χ0) is 20.1. The predicted molar refractivity (Wildman–Crippen MR) is 115 cm³/mol. The first-order chi connectivity index (χ1) is 13.4. The highest BCUT2D eigenvalue weighted by Crippen LogP contribution is 2.29. The number of aromatic nitrogens is 4. The maximum absolute atomic E-state index is 12.1. The third-order valence-electron chi connectivity index (χ3n) is 4.84. The van der Waals surface area contributed by atoms with Gasteiger partial charge in [-0.05, 0) is 25.7 Å². The molecule has 7 nitrogen and oxygen atoms in total. The molecule has 28 heavy (non-hydrogen) atoms. The second-order valence-corrected chi connectivity index (χ2v) is 9.40. The number of thioether (sulfide) groups is 1. The van der Waals surface area contributed by atoms with E-state index in [0.717, 1.165) is 47.3 Å². The van der Waals surface area contributed by atoms with Crippen molar-refractivity contribution in [1.29, 1.82) is 0 Å². The van der Waals surface area contributed by atoms with Crippen molar-refractivity contribution in [3.8, 4) is 0 Å². The van der Waals surface area contributed by atoms with Crippen LogP contribution in [0.25, 0.3) is 11.0 Å². The third-order valence-corrected chi connectivity index (χ3v) is 5.89. The van der Waals surface area contributed by atoms with Gasteiger partial charge in [0.1, 0.15) is 5.82 Å². The highest BCUT2D eigenvalue weighted by molar-refractivity contribution is 7.99. The van der Waals surface area contributed by atoms with E-state index in [1.54, 1.807) is 11.8 Å². The van der Waals surface area contributed by atoms with E-state index < -0.39 is 0 Å². The minimum atomic E-state index is -0.389. The summed E-state index contributed by atoms with van der Waals surface area (Å²) in [4.78, 5) is 24.1. The number of amides is 1. The number of carbonyl (C=O) groups excluding carboxylic acids is 1. The molecule has 0 atom stereocenters. The van der Waals surface area contributed by atoms with Crippen molar-refractivity contribution < 1.29 is 4.79 Å². The van der Waals surface area contributed by atoms with E-state index in [0.29, 0.717) is 13.1 Å². The van der Waals surface area contributed by atoms with Gasteiger partial charge in [-0.2, -0.15) is 5.10 Å². The number of carbonyl (C=O) groups is 1. The second-order valence-electron chi connectivity index (χ2n) is 8.34. The van der Waals surface area contributed by atoms with E-state index in [1.807, 2.05) is 31.6 Å². The summed E-state index contributed by atoms with van der Waals surface area (Å²) in [5.41, 5.74) is 0.471. The Morgan fingerprint density at radius 1 is 1.21 bits per heavy atom. The molecule has 1 saturated heterocycles. The minimum absolute atomic E-state index is 0.0479. The molecule has 2 aromatic rings. The smallest absolute Gasteiger partial charge is 0.225 e. The predicted octanol–water partition coefficient (Wildman–Crippen LogP) is 3.48. The number of fused-ring (bicyclic) bond motifs is 1. The lowest BCUT2D eigenvalue weighted by atomic mass is 9.96. The number of hydrogen-bond acceptors (Lipinski definition) is 6. The highest BCUT2D eigenvalue weighted by Gasteiger charge is 2.22. The van der Waals surface area contributed by atoms with Crippen LogP contribution < -0.4 is 10.2 Å². The van der Waals surface area contributed by atoms with Crippen LogP contribution in [0, 0.1) is 5.41 Å². The van der Waals surface area contributed by atoms with Crippen molar-refractivity contribution >= 4 is 34.5 Å². The molecule has 1 fully saturated rings. The van der Waals surface area contributed by atoms with Crippen LogP contribution in [0.1, 0.15) is 53.4 Å². The van der Waals surface area contributed by atoms with Gasteiger partial charge in [0, 0.05) is 30.8 Å². The number of piperidine rings is 1. The Balaban J connectivity index is 1.84. The highest BCUT2D eigenvalue weighted by atomic mass is 32.2. The summed E-state index contributed by atoms with van der Waals surface area (Å²) in [6.45, 7) is 11.1. The first kappa shape index (κ1) is 20.9. The summed E-state index contributed by atoms with van der Waals surface area (Å²) in [7, 11) is 0. The Hall–Kier alpha value is -1.83. The molecule has 8 heteroatoms. The SMILES string of the molecule is CCCSc1nc(N2CCCCC2)c2cnn(CCNC(=O)C(C)(C)C)c2n1. The first-order valence-corrected chi connectivity index (χ1v) is 11.3. The fourth-order valence-corrected chi connectivity index (χ4v) is 3.92. The average Bonchev–Trinajstić information content (AvgIpc) is 3.08. The lowest BCUT2D eigenvalue weighted by Gasteiger charge is -2.28. The third kappa shape index (κ3) is 4.96. The van der Waals surface area contributed by atoms with Crippen LogP contribution in [-0.2, 0) is 11.3 Å². The molecule has 154 valence electrons. The summed E-state index contributed by atoms with van der Waals surface area (Å²) >= 11 is 1.70. The van der Waals surface area contributed by atoms with Crippen LogP contribution >= 0.6 is 11.8 Å². The van der Waals surface area contributed by atoms with Gasteiger partial charge < -0.3 is 10.2 Å². The van der Waals surface area contributed by atoms with Crippen LogP contribution in [-0.4, -0.2) is 51.0 Å². The van der Waals surface area contributed by atoms with Crippen molar-refractivity contribution in [3.63, 3.8) is 0 Å². The zero-order valence-corrected chi connectivity index (χ0v) is 18.3. The lowest BCUT2D eigenvalue weighted by Crippen LogP contribution is -2.36. The van der Waals surface area contributed by atoms with Crippen molar-refractivity contribution in [2.45, 2.75) is 65.1 Å².